The first-order chi connectivity index (χ1) is 11.0. The topological polar surface area (TPSA) is 37.4 Å². The van der Waals surface area contributed by atoms with Gasteiger partial charge in [0.05, 0.1) is 4.90 Å². The molecule has 23 heavy (non-hydrogen) atoms. The maximum Gasteiger partial charge on any atom is 0.263 e. The zero-order chi connectivity index (χ0) is 16.4. The fraction of sp³-hybridized carbons (Fsp3) is 0.222. The van der Waals surface area contributed by atoms with E-state index in [1.807, 2.05) is 43.3 Å². The predicted octanol–water partition coefficient (Wildman–Crippen LogP) is 4.13. The summed E-state index contributed by atoms with van der Waals surface area (Å²) in [4.78, 5) is 0.342. The van der Waals surface area contributed by atoms with Crippen molar-refractivity contribution in [1.29, 1.82) is 0 Å². The Morgan fingerprint density at radius 1 is 1.13 bits per heavy atom. The molecule has 2 aromatic rings. The Morgan fingerprint density at radius 3 is 2.52 bits per heavy atom. The Balaban J connectivity index is 1.74. The minimum absolute atomic E-state index is 0.189. The van der Waals surface area contributed by atoms with Crippen molar-refractivity contribution in [3.63, 3.8) is 0 Å². The lowest BCUT2D eigenvalue weighted by atomic mass is 10.0. The van der Waals surface area contributed by atoms with Crippen molar-refractivity contribution in [3.8, 4) is 0 Å². The normalized spacial score (nSPS) is 17.7. The van der Waals surface area contributed by atoms with Crippen LogP contribution in [0.25, 0.3) is 0 Å². The summed E-state index contributed by atoms with van der Waals surface area (Å²) in [6, 6.07) is 15.0. The highest BCUT2D eigenvalue weighted by Gasteiger charge is 2.27. The van der Waals surface area contributed by atoms with E-state index in [1.54, 1.807) is 18.3 Å². The molecule has 0 aromatic heterocycles. The first-order valence-electron chi connectivity index (χ1n) is 7.47. The Bertz CT molecular complexity index is 828. The Morgan fingerprint density at radius 2 is 1.83 bits per heavy atom. The van der Waals surface area contributed by atoms with E-state index < -0.39 is 10.0 Å². The molecule has 0 fully saturated rings. The van der Waals surface area contributed by atoms with Crippen molar-refractivity contribution >= 4 is 26.0 Å². The Labute approximate surface area is 145 Å². The van der Waals surface area contributed by atoms with Gasteiger partial charge in [-0.2, -0.15) is 0 Å². The van der Waals surface area contributed by atoms with Crippen LogP contribution in [0.1, 0.15) is 11.1 Å². The summed E-state index contributed by atoms with van der Waals surface area (Å²) < 4.78 is 27.9. The summed E-state index contributed by atoms with van der Waals surface area (Å²) in [5.74, 6) is 0.189. The lowest BCUT2D eigenvalue weighted by Gasteiger charge is -2.19. The van der Waals surface area contributed by atoms with E-state index >= 15 is 0 Å². The summed E-state index contributed by atoms with van der Waals surface area (Å²) in [5.41, 5.74) is 2.24. The van der Waals surface area contributed by atoms with Crippen molar-refractivity contribution in [3.05, 3.63) is 76.4 Å². The second-order valence-electron chi connectivity index (χ2n) is 5.78. The van der Waals surface area contributed by atoms with Crippen LogP contribution in [0.5, 0.6) is 0 Å². The molecule has 0 saturated carbocycles. The van der Waals surface area contributed by atoms with Gasteiger partial charge in [-0.1, -0.05) is 57.9 Å². The molecule has 0 radical (unpaired) electrons. The number of halogens is 1. The molecule has 1 atom stereocenters. The molecule has 120 valence electrons. The van der Waals surface area contributed by atoms with Crippen LogP contribution < -0.4 is 0 Å². The van der Waals surface area contributed by atoms with Gasteiger partial charge >= 0.3 is 0 Å². The molecule has 1 aliphatic rings. The van der Waals surface area contributed by atoms with Gasteiger partial charge in [-0.3, -0.25) is 4.31 Å². The Kier molecular flexibility index (Phi) is 4.60. The van der Waals surface area contributed by atoms with Gasteiger partial charge in [0.25, 0.3) is 10.0 Å². The van der Waals surface area contributed by atoms with E-state index in [0.29, 0.717) is 11.4 Å². The lowest BCUT2D eigenvalue weighted by Crippen LogP contribution is -2.27. The van der Waals surface area contributed by atoms with Gasteiger partial charge < -0.3 is 0 Å². The van der Waals surface area contributed by atoms with Crippen LogP contribution in [-0.4, -0.2) is 19.3 Å². The second kappa shape index (κ2) is 6.49. The number of benzene rings is 2. The third kappa shape index (κ3) is 3.51. The maximum atomic E-state index is 12.7. The van der Waals surface area contributed by atoms with E-state index in [4.69, 9.17) is 0 Å². The summed E-state index contributed by atoms with van der Waals surface area (Å²) in [5, 5.41) is 0. The van der Waals surface area contributed by atoms with Crippen molar-refractivity contribution < 1.29 is 8.42 Å². The molecule has 3 rings (SSSR count). The van der Waals surface area contributed by atoms with E-state index in [0.717, 1.165) is 16.5 Å². The maximum absolute atomic E-state index is 12.7. The van der Waals surface area contributed by atoms with Crippen LogP contribution >= 0.6 is 15.9 Å². The zero-order valence-corrected chi connectivity index (χ0v) is 15.2. The van der Waals surface area contributed by atoms with Crippen molar-refractivity contribution in [1.82, 2.24) is 4.31 Å². The van der Waals surface area contributed by atoms with Crippen LogP contribution in [0.4, 0.5) is 0 Å². The third-order valence-corrected chi connectivity index (χ3v) is 6.54. The Hall–Kier alpha value is -1.59. The molecule has 0 spiro atoms. The number of aryl methyl sites for hydroxylation is 1. The van der Waals surface area contributed by atoms with Gasteiger partial charge in [0.15, 0.2) is 0 Å². The standard InChI is InChI=1S/C18H18BrNO2S/c1-14-6-8-17(9-7-14)23(21,22)20-11-10-15(13-20)12-16-4-2-3-5-18(16)19/h2-11,15H,12-13H2,1H3. The molecular weight excluding hydrogens is 374 g/mol. The highest BCUT2D eigenvalue weighted by Crippen LogP contribution is 2.27. The molecule has 1 heterocycles. The summed E-state index contributed by atoms with van der Waals surface area (Å²) >= 11 is 3.55. The number of rotatable bonds is 4. The highest BCUT2D eigenvalue weighted by atomic mass is 79.9. The van der Waals surface area contributed by atoms with Crippen LogP contribution in [0.3, 0.4) is 0 Å². The predicted molar refractivity (Wildman–Crippen MR) is 95.5 cm³/mol. The fourth-order valence-electron chi connectivity index (χ4n) is 2.67. The molecule has 0 bridgehead atoms. The summed E-state index contributed by atoms with van der Waals surface area (Å²) in [7, 11) is -3.46. The van der Waals surface area contributed by atoms with Gasteiger partial charge in [0, 0.05) is 23.1 Å². The van der Waals surface area contributed by atoms with Crippen LogP contribution in [0.2, 0.25) is 0 Å². The molecule has 3 nitrogen and oxygen atoms in total. The molecule has 0 N–H and O–H groups in total. The van der Waals surface area contributed by atoms with Gasteiger partial charge in [0.2, 0.25) is 0 Å². The molecule has 0 aliphatic carbocycles. The molecule has 5 heteroatoms. The summed E-state index contributed by atoms with van der Waals surface area (Å²) in [6.07, 6.45) is 4.49. The van der Waals surface area contributed by atoms with Gasteiger partial charge in [-0.05, 0) is 37.1 Å². The summed E-state index contributed by atoms with van der Waals surface area (Å²) in [6.45, 7) is 2.43. The van der Waals surface area contributed by atoms with Crippen molar-refractivity contribution in [2.24, 2.45) is 5.92 Å². The largest absolute Gasteiger partial charge is 0.273 e. The zero-order valence-electron chi connectivity index (χ0n) is 12.8. The average Bonchev–Trinajstić information content (AvgIpc) is 2.99. The average molecular weight is 392 g/mol. The van der Waals surface area contributed by atoms with Crippen molar-refractivity contribution in [2.45, 2.75) is 18.2 Å². The molecule has 1 aliphatic heterocycles. The molecule has 1 unspecified atom stereocenters. The first-order valence-corrected chi connectivity index (χ1v) is 9.70. The number of sulfonamides is 1. The van der Waals surface area contributed by atoms with Gasteiger partial charge in [0.1, 0.15) is 0 Å². The quantitative estimate of drug-likeness (QED) is 0.785. The van der Waals surface area contributed by atoms with Crippen molar-refractivity contribution in [2.75, 3.05) is 6.54 Å². The van der Waals surface area contributed by atoms with Crippen LogP contribution in [0, 0.1) is 12.8 Å². The van der Waals surface area contributed by atoms with E-state index in [1.165, 1.54) is 9.87 Å². The van der Waals surface area contributed by atoms with E-state index in [2.05, 4.69) is 22.0 Å². The minimum atomic E-state index is -3.46. The number of nitrogens with zero attached hydrogens (tertiary/aromatic N) is 1. The third-order valence-electron chi connectivity index (χ3n) is 4.01. The number of hydrogen-bond donors (Lipinski definition) is 0. The van der Waals surface area contributed by atoms with Gasteiger partial charge in [-0.25, -0.2) is 8.42 Å². The molecule has 0 amide bonds. The monoisotopic (exact) mass is 391 g/mol. The lowest BCUT2D eigenvalue weighted by molar-refractivity contribution is 0.479. The van der Waals surface area contributed by atoms with E-state index in [-0.39, 0.29) is 5.92 Å². The molecule has 2 aromatic carbocycles. The smallest absolute Gasteiger partial charge is 0.263 e. The minimum Gasteiger partial charge on any atom is -0.273 e. The van der Waals surface area contributed by atoms with Crippen LogP contribution in [0.15, 0.2) is 70.2 Å². The van der Waals surface area contributed by atoms with Crippen LogP contribution in [-0.2, 0) is 16.4 Å². The second-order valence-corrected chi connectivity index (χ2v) is 8.53. The first kappa shape index (κ1) is 16.3. The SMILES string of the molecule is Cc1ccc(S(=O)(=O)N2C=CC(Cc3ccccc3Br)C2)cc1. The van der Waals surface area contributed by atoms with E-state index in [9.17, 15) is 8.42 Å². The highest BCUT2D eigenvalue weighted by molar-refractivity contribution is 9.10. The fourth-order valence-corrected chi connectivity index (χ4v) is 4.49. The molecular formula is C18H18BrNO2S. The molecule has 0 saturated heterocycles. The number of hydrogen-bond acceptors (Lipinski definition) is 2. The van der Waals surface area contributed by atoms with Gasteiger partial charge in [-0.15, -0.1) is 0 Å².